The maximum atomic E-state index is 5.52. The molecule has 2 heteroatoms. The van der Waals surface area contributed by atoms with E-state index in [-0.39, 0.29) is 6.29 Å². The SMILES string of the molecule is CCOC(CCC=C1CCCCC1)OCC. The van der Waals surface area contributed by atoms with Crippen LogP contribution in [0, 0.1) is 0 Å². The topological polar surface area (TPSA) is 18.5 Å². The first kappa shape index (κ1) is 13.7. The minimum Gasteiger partial charge on any atom is -0.353 e. The molecule has 1 aliphatic rings. The summed E-state index contributed by atoms with van der Waals surface area (Å²) < 4.78 is 11.0. The fraction of sp³-hybridized carbons (Fsp3) is 0.857. The molecule has 0 heterocycles. The van der Waals surface area contributed by atoms with E-state index in [4.69, 9.17) is 9.47 Å². The molecule has 1 saturated carbocycles. The van der Waals surface area contributed by atoms with Gasteiger partial charge >= 0.3 is 0 Å². The molecule has 0 aliphatic heterocycles. The first-order chi connectivity index (χ1) is 7.86. The summed E-state index contributed by atoms with van der Waals surface area (Å²) in [5.41, 5.74) is 1.65. The minimum absolute atomic E-state index is 0.00422. The summed E-state index contributed by atoms with van der Waals surface area (Å²) in [6, 6.07) is 0. The molecule has 2 nitrogen and oxygen atoms in total. The van der Waals surface area contributed by atoms with Crippen LogP contribution in [-0.4, -0.2) is 19.5 Å². The van der Waals surface area contributed by atoms with Crippen molar-refractivity contribution < 1.29 is 9.47 Å². The van der Waals surface area contributed by atoms with E-state index in [0.717, 1.165) is 26.1 Å². The Morgan fingerprint density at radius 1 is 1.06 bits per heavy atom. The van der Waals surface area contributed by atoms with Crippen LogP contribution in [0.2, 0.25) is 0 Å². The molecule has 0 aromatic carbocycles. The molecule has 0 spiro atoms. The zero-order chi connectivity index (χ0) is 11.6. The fourth-order valence-electron chi connectivity index (χ4n) is 2.22. The molecule has 1 rings (SSSR count). The Kier molecular flexibility index (Phi) is 7.52. The average molecular weight is 226 g/mol. The molecular weight excluding hydrogens is 200 g/mol. The van der Waals surface area contributed by atoms with Gasteiger partial charge in [-0.15, -0.1) is 0 Å². The van der Waals surface area contributed by atoms with E-state index in [9.17, 15) is 0 Å². The van der Waals surface area contributed by atoms with Crippen molar-refractivity contribution in [3.63, 3.8) is 0 Å². The van der Waals surface area contributed by atoms with Crippen molar-refractivity contribution in [2.75, 3.05) is 13.2 Å². The molecule has 16 heavy (non-hydrogen) atoms. The Bertz CT molecular complexity index is 185. The molecule has 0 N–H and O–H groups in total. The number of allylic oxidation sites excluding steroid dienone is 2. The van der Waals surface area contributed by atoms with Gasteiger partial charge in [-0.2, -0.15) is 0 Å². The van der Waals surface area contributed by atoms with Crippen LogP contribution in [0.3, 0.4) is 0 Å². The van der Waals surface area contributed by atoms with E-state index in [0.29, 0.717) is 0 Å². The monoisotopic (exact) mass is 226 g/mol. The van der Waals surface area contributed by atoms with Crippen LogP contribution in [0.4, 0.5) is 0 Å². The van der Waals surface area contributed by atoms with Crippen molar-refractivity contribution in [1.82, 2.24) is 0 Å². The predicted octanol–water partition coefficient (Wildman–Crippen LogP) is 4.06. The zero-order valence-electron chi connectivity index (χ0n) is 10.8. The van der Waals surface area contributed by atoms with Crippen LogP contribution < -0.4 is 0 Å². The molecule has 0 saturated heterocycles. The standard InChI is InChI=1S/C14H26O2/c1-3-15-14(16-4-2)12-8-11-13-9-6-5-7-10-13/h11,14H,3-10,12H2,1-2H3. The lowest BCUT2D eigenvalue weighted by Crippen LogP contribution is -2.16. The van der Waals surface area contributed by atoms with Gasteiger partial charge in [-0.1, -0.05) is 18.1 Å². The van der Waals surface area contributed by atoms with Gasteiger partial charge in [-0.25, -0.2) is 0 Å². The Labute approximate surface area is 100 Å². The Balaban J connectivity index is 2.19. The highest BCUT2D eigenvalue weighted by atomic mass is 16.7. The van der Waals surface area contributed by atoms with Gasteiger partial charge in [0, 0.05) is 19.6 Å². The van der Waals surface area contributed by atoms with Crippen LogP contribution in [0.15, 0.2) is 11.6 Å². The van der Waals surface area contributed by atoms with E-state index in [2.05, 4.69) is 6.08 Å². The van der Waals surface area contributed by atoms with Crippen molar-refractivity contribution in [3.8, 4) is 0 Å². The molecule has 0 aromatic rings. The van der Waals surface area contributed by atoms with E-state index < -0.39 is 0 Å². The summed E-state index contributed by atoms with van der Waals surface area (Å²) in [7, 11) is 0. The van der Waals surface area contributed by atoms with Gasteiger partial charge in [0.2, 0.25) is 0 Å². The molecule has 0 atom stereocenters. The molecule has 0 aromatic heterocycles. The van der Waals surface area contributed by atoms with Gasteiger partial charge in [0.05, 0.1) is 0 Å². The van der Waals surface area contributed by atoms with Crippen LogP contribution in [0.5, 0.6) is 0 Å². The molecule has 0 bridgehead atoms. The van der Waals surface area contributed by atoms with E-state index >= 15 is 0 Å². The maximum absolute atomic E-state index is 5.52. The fourth-order valence-corrected chi connectivity index (χ4v) is 2.22. The Morgan fingerprint density at radius 3 is 2.25 bits per heavy atom. The Morgan fingerprint density at radius 2 is 1.69 bits per heavy atom. The summed E-state index contributed by atoms with van der Waals surface area (Å²) in [5.74, 6) is 0. The van der Waals surface area contributed by atoms with Gasteiger partial charge in [-0.05, 0) is 46.0 Å². The molecule has 94 valence electrons. The highest BCUT2D eigenvalue weighted by molar-refractivity contribution is 5.03. The van der Waals surface area contributed by atoms with Crippen LogP contribution >= 0.6 is 0 Å². The second-order valence-corrected chi connectivity index (χ2v) is 4.34. The van der Waals surface area contributed by atoms with Gasteiger partial charge in [-0.3, -0.25) is 0 Å². The van der Waals surface area contributed by atoms with Crippen molar-refractivity contribution in [2.24, 2.45) is 0 Å². The normalized spacial score (nSPS) is 16.8. The first-order valence-electron chi connectivity index (χ1n) is 6.78. The summed E-state index contributed by atoms with van der Waals surface area (Å²) >= 11 is 0. The molecule has 0 radical (unpaired) electrons. The van der Waals surface area contributed by atoms with Crippen LogP contribution in [0.1, 0.15) is 58.8 Å². The average Bonchev–Trinajstić information content (AvgIpc) is 2.31. The smallest absolute Gasteiger partial charge is 0.157 e. The highest BCUT2D eigenvalue weighted by Gasteiger charge is 2.08. The molecule has 0 amide bonds. The number of ether oxygens (including phenoxy) is 2. The van der Waals surface area contributed by atoms with Crippen molar-refractivity contribution in [3.05, 3.63) is 11.6 Å². The predicted molar refractivity (Wildman–Crippen MR) is 67.4 cm³/mol. The van der Waals surface area contributed by atoms with Gasteiger partial charge in [0.1, 0.15) is 0 Å². The third-order valence-corrected chi connectivity index (χ3v) is 3.04. The number of hydrogen-bond donors (Lipinski definition) is 0. The first-order valence-corrected chi connectivity index (χ1v) is 6.78. The summed E-state index contributed by atoms with van der Waals surface area (Å²) in [4.78, 5) is 0. The lowest BCUT2D eigenvalue weighted by molar-refractivity contribution is -0.138. The second kappa shape index (κ2) is 8.77. The molecule has 1 aliphatic carbocycles. The Hall–Kier alpha value is -0.340. The van der Waals surface area contributed by atoms with Gasteiger partial charge < -0.3 is 9.47 Å². The summed E-state index contributed by atoms with van der Waals surface area (Å²) in [6.45, 7) is 5.51. The largest absolute Gasteiger partial charge is 0.353 e. The minimum atomic E-state index is -0.00422. The summed E-state index contributed by atoms with van der Waals surface area (Å²) in [6.07, 6.45) is 11.3. The van der Waals surface area contributed by atoms with E-state index in [1.54, 1.807) is 5.57 Å². The van der Waals surface area contributed by atoms with Crippen LogP contribution in [-0.2, 0) is 9.47 Å². The van der Waals surface area contributed by atoms with Crippen molar-refractivity contribution in [1.29, 1.82) is 0 Å². The van der Waals surface area contributed by atoms with E-state index in [1.165, 1.54) is 32.1 Å². The molecular formula is C14H26O2. The third-order valence-electron chi connectivity index (χ3n) is 3.04. The third kappa shape index (κ3) is 5.66. The molecule has 1 fully saturated rings. The second-order valence-electron chi connectivity index (χ2n) is 4.34. The van der Waals surface area contributed by atoms with Crippen LogP contribution in [0.25, 0.3) is 0 Å². The lowest BCUT2D eigenvalue weighted by atomic mass is 9.94. The summed E-state index contributed by atoms with van der Waals surface area (Å²) in [5, 5.41) is 0. The number of rotatable bonds is 7. The quantitative estimate of drug-likeness (QED) is 0.481. The maximum Gasteiger partial charge on any atom is 0.157 e. The molecule has 0 unspecified atom stereocenters. The van der Waals surface area contributed by atoms with E-state index in [1.807, 2.05) is 13.8 Å². The number of hydrogen-bond acceptors (Lipinski definition) is 2. The van der Waals surface area contributed by atoms with Crippen molar-refractivity contribution >= 4 is 0 Å². The highest BCUT2D eigenvalue weighted by Crippen LogP contribution is 2.23. The van der Waals surface area contributed by atoms with Gasteiger partial charge in [0.25, 0.3) is 0 Å². The van der Waals surface area contributed by atoms with Crippen molar-refractivity contribution in [2.45, 2.75) is 65.1 Å². The zero-order valence-corrected chi connectivity index (χ0v) is 10.8. The lowest BCUT2D eigenvalue weighted by Gasteiger charge is -2.17. The van der Waals surface area contributed by atoms with Gasteiger partial charge in [0.15, 0.2) is 6.29 Å².